The second-order valence-corrected chi connectivity index (χ2v) is 8.13. The van der Waals surface area contributed by atoms with Gasteiger partial charge in [0.05, 0.1) is 19.6 Å². The molecule has 1 aliphatic rings. The van der Waals surface area contributed by atoms with Crippen LogP contribution in [0.25, 0.3) is 0 Å². The van der Waals surface area contributed by atoms with Gasteiger partial charge in [0.1, 0.15) is 11.8 Å². The summed E-state index contributed by atoms with van der Waals surface area (Å²) in [7, 11) is 0. The molecule has 36 heavy (non-hydrogen) atoms. The Morgan fingerprint density at radius 3 is 2.19 bits per heavy atom. The first kappa shape index (κ1) is 28.5. The van der Waals surface area contributed by atoms with Crippen LogP contribution >= 0.6 is 0 Å². The first-order chi connectivity index (χ1) is 17.2. The van der Waals surface area contributed by atoms with E-state index >= 15 is 0 Å². The molecule has 0 spiro atoms. The number of benzene rings is 1. The molecule has 1 saturated heterocycles. The van der Waals surface area contributed by atoms with Crippen molar-refractivity contribution < 1.29 is 48.8 Å². The average Bonchev–Trinajstić information content (AvgIpc) is 2.84. The Kier molecular flexibility index (Phi) is 11.6. The van der Waals surface area contributed by atoms with Gasteiger partial charge in [-0.2, -0.15) is 0 Å². The van der Waals surface area contributed by atoms with Crippen molar-refractivity contribution in [2.45, 2.75) is 37.8 Å². The van der Waals surface area contributed by atoms with Crippen LogP contribution in [-0.2, 0) is 35.1 Å². The standard InChI is InChI=1S/C23H31N3O10/c27-18(6-7-19(28)29)25-17(21(30)24-8-1-9-26-10-12-35-13-11-26)14-15-2-4-16(5-3-15)36-20(22(31)32)23(33)34/h2-5,17,20H,1,6-14H2,(H,24,30)(H,25,27)(H,28,29)(H,31,32)(H,33,34)/t17-/m0/s1. The van der Waals surface area contributed by atoms with Gasteiger partial charge in [0, 0.05) is 32.5 Å². The van der Waals surface area contributed by atoms with E-state index in [0.29, 0.717) is 31.7 Å². The van der Waals surface area contributed by atoms with Crippen LogP contribution in [0.1, 0.15) is 24.8 Å². The smallest absolute Gasteiger partial charge is 0.356 e. The van der Waals surface area contributed by atoms with Crippen LogP contribution < -0.4 is 15.4 Å². The Hall–Kier alpha value is -3.71. The third-order valence-corrected chi connectivity index (χ3v) is 5.34. The number of carbonyl (C=O) groups excluding carboxylic acids is 2. The fraction of sp³-hybridized carbons (Fsp3) is 0.522. The molecule has 1 fully saturated rings. The number of carbonyl (C=O) groups is 5. The minimum atomic E-state index is -2.07. The second kappa shape index (κ2) is 14.6. The predicted octanol–water partition coefficient (Wildman–Crippen LogP) is -0.666. The molecular formula is C23H31N3O10. The number of morpholine rings is 1. The first-order valence-electron chi connectivity index (χ1n) is 11.5. The lowest BCUT2D eigenvalue weighted by Crippen LogP contribution is -2.48. The molecule has 1 aromatic carbocycles. The molecule has 2 rings (SSSR count). The van der Waals surface area contributed by atoms with Crippen LogP contribution in [0.4, 0.5) is 0 Å². The maximum atomic E-state index is 12.8. The van der Waals surface area contributed by atoms with Crippen molar-refractivity contribution in [3.8, 4) is 5.75 Å². The van der Waals surface area contributed by atoms with Crippen molar-refractivity contribution in [2.75, 3.05) is 39.4 Å². The molecule has 1 aromatic rings. The van der Waals surface area contributed by atoms with E-state index in [1.54, 1.807) is 0 Å². The lowest BCUT2D eigenvalue weighted by Gasteiger charge is -2.26. The zero-order chi connectivity index (χ0) is 26.5. The lowest BCUT2D eigenvalue weighted by atomic mass is 10.0. The van der Waals surface area contributed by atoms with Gasteiger partial charge >= 0.3 is 17.9 Å². The van der Waals surface area contributed by atoms with E-state index in [4.69, 9.17) is 24.8 Å². The normalized spacial score (nSPS) is 14.6. The molecule has 13 nitrogen and oxygen atoms in total. The summed E-state index contributed by atoms with van der Waals surface area (Å²) in [6, 6.07) is 4.76. The van der Waals surface area contributed by atoms with Crippen molar-refractivity contribution in [3.63, 3.8) is 0 Å². The van der Waals surface area contributed by atoms with Crippen molar-refractivity contribution in [2.24, 2.45) is 0 Å². The van der Waals surface area contributed by atoms with Gasteiger partial charge in [0.15, 0.2) is 0 Å². The molecule has 0 aliphatic carbocycles. The van der Waals surface area contributed by atoms with E-state index in [2.05, 4.69) is 15.5 Å². The van der Waals surface area contributed by atoms with Gasteiger partial charge in [-0.05, 0) is 30.7 Å². The van der Waals surface area contributed by atoms with E-state index < -0.39 is 41.9 Å². The predicted molar refractivity (Wildman–Crippen MR) is 124 cm³/mol. The van der Waals surface area contributed by atoms with Crippen LogP contribution in [0.15, 0.2) is 24.3 Å². The van der Waals surface area contributed by atoms with Gasteiger partial charge in [0.2, 0.25) is 11.8 Å². The van der Waals surface area contributed by atoms with Crippen molar-refractivity contribution >= 4 is 29.7 Å². The van der Waals surface area contributed by atoms with E-state index in [-0.39, 0.29) is 25.0 Å². The molecule has 0 unspecified atom stereocenters. The highest BCUT2D eigenvalue weighted by Crippen LogP contribution is 2.16. The minimum absolute atomic E-state index is 0.00292. The zero-order valence-corrected chi connectivity index (χ0v) is 19.7. The molecule has 5 N–H and O–H groups in total. The van der Waals surface area contributed by atoms with Gasteiger partial charge in [0.25, 0.3) is 6.10 Å². The summed E-state index contributed by atoms with van der Waals surface area (Å²) in [6.07, 6.45) is -1.96. The van der Waals surface area contributed by atoms with Crippen LogP contribution in [0.5, 0.6) is 5.75 Å². The van der Waals surface area contributed by atoms with Crippen LogP contribution in [0.2, 0.25) is 0 Å². The van der Waals surface area contributed by atoms with Crippen molar-refractivity contribution in [3.05, 3.63) is 29.8 Å². The van der Waals surface area contributed by atoms with Crippen molar-refractivity contribution in [1.29, 1.82) is 0 Å². The molecule has 198 valence electrons. The zero-order valence-electron chi connectivity index (χ0n) is 19.7. The van der Waals surface area contributed by atoms with E-state index in [1.807, 2.05) is 0 Å². The molecule has 1 aliphatic heterocycles. The maximum absolute atomic E-state index is 12.8. The third-order valence-electron chi connectivity index (χ3n) is 5.34. The monoisotopic (exact) mass is 509 g/mol. The first-order valence-corrected chi connectivity index (χ1v) is 11.5. The largest absolute Gasteiger partial charge is 0.481 e. The van der Waals surface area contributed by atoms with Gasteiger partial charge in [-0.1, -0.05) is 12.1 Å². The summed E-state index contributed by atoms with van der Waals surface area (Å²) in [5.74, 6) is -5.45. The summed E-state index contributed by atoms with van der Waals surface area (Å²) in [4.78, 5) is 60.0. The Labute approximate surface area is 207 Å². The summed E-state index contributed by atoms with van der Waals surface area (Å²) >= 11 is 0. The maximum Gasteiger partial charge on any atom is 0.356 e. The molecule has 0 aromatic heterocycles. The average molecular weight is 510 g/mol. The minimum Gasteiger partial charge on any atom is -0.481 e. The second-order valence-electron chi connectivity index (χ2n) is 8.13. The summed E-state index contributed by atoms with van der Waals surface area (Å²) in [5, 5.41) is 32.0. The molecule has 0 radical (unpaired) electrons. The number of carboxylic acid groups (broad SMARTS) is 3. The number of ether oxygens (including phenoxy) is 2. The highest BCUT2D eigenvalue weighted by molar-refractivity contribution is 5.96. The molecule has 1 atom stereocenters. The fourth-order valence-electron chi connectivity index (χ4n) is 3.44. The Morgan fingerprint density at radius 2 is 1.61 bits per heavy atom. The fourth-order valence-corrected chi connectivity index (χ4v) is 3.44. The van der Waals surface area contributed by atoms with E-state index in [9.17, 15) is 24.0 Å². The summed E-state index contributed by atoms with van der Waals surface area (Å²) in [5.41, 5.74) is 0.580. The summed E-state index contributed by atoms with van der Waals surface area (Å²) in [6.45, 7) is 4.18. The molecule has 0 saturated carbocycles. The number of nitrogens with one attached hydrogen (secondary N) is 2. The molecule has 13 heteroatoms. The Bertz CT molecular complexity index is 901. The highest BCUT2D eigenvalue weighted by atomic mass is 16.5. The number of rotatable bonds is 15. The Balaban J connectivity index is 1.97. The molecular weight excluding hydrogens is 478 g/mol. The van der Waals surface area contributed by atoms with Gasteiger partial charge in [-0.25, -0.2) is 9.59 Å². The van der Waals surface area contributed by atoms with E-state index in [1.165, 1.54) is 24.3 Å². The van der Waals surface area contributed by atoms with Crippen molar-refractivity contribution in [1.82, 2.24) is 15.5 Å². The number of amides is 2. The SMILES string of the molecule is O=C(O)CCC(=O)N[C@@H](Cc1ccc(OC(C(=O)O)C(=O)O)cc1)C(=O)NCCCN1CCOCC1. The van der Waals surface area contributed by atoms with Gasteiger partial charge < -0.3 is 35.4 Å². The number of hydrogen-bond acceptors (Lipinski definition) is 8. The number of aliphatic carboxylic acids is 3. The van der Waals surface area contributed by atoms with Gasteiger partial charge in [-0.15, -0.1) is 0 Å². The molecule has 2 amide bonds. The number of carboxylic acids is 3. The number of nitrogens with zero attached hydrogens (tertiary/aromatic N) is 1. The topological polar surface area (TPSA) is 192 Å². The third kappa shape index (κ3) is 10.3. The lowest BCUT2D eigenvalue weighted by molar-refractivity contribution is -0.159. The number of hydrogen-bond donors (Lipinski definition) is 5. The molecule has 0 bridgehead atoms. The van der Waals surface area contributed by atoms with Crippen LogP contribution in [-0.4, -0.2) is 101 Å². The summed E-state index contributed by atoms with van der Waals surface area (Å²) < 4.78 is 10.3. The quantitative estimate of drug-likeness (QED) is 0.149. The molecule has 1 heterocycles. The highest BCUT2D eigenvalue weighted by Gasteiger charge is 2.28. The van der Waals surface area contributed by atoms with Crippen LogP contribution in [0, 0.1) is 0 Å². The van der Waals surface area contributed by atoms with Gasteiger partial charge in [-0.3, -0.25) is 19.3 Å². The van der Waals surface area contributed by atoms with E-state index in [0.717, 1.165) is 19.6 Å². The van der Waals surface area contributed by atoms with Crippen LogP contribution in [0.3, 0.4) is 0 Å². The Morgan fingerprint density at radius 1 is 0.972 bits per heavy atom.